The Labute approximate surface area is 151 Å². The van der Waals surface area contributed by atoms with Crippen LogP contribution in [0.5, 0.6) is 0 Å². The molecule has 1 aliphatic heterocycles. The number of anilines is 1. The van der Waals surface area contributed by atoms with Crippen LogP contribution in [0.3, 0.4) is 0 Å². The van der Waals surface area contributed by atoms with Gasteiger partial charge in [0.1, 0.15) is 0 Å². The number of aromatic nitrogens is 4. The lowest BCUT2D eigenvalue weighted by atomic mass is 10.1. The summed E-state index contributed by atoms with van der Waals surface area (Å²) in [7, 11) is 3.47. The molecule has 2 aliphatic rings. The van der Waals surface area contributed by atoms with Crippen LogP contribution in [-0.4, -0.2) is 44.4 Å². The Bertz CT molecular complexity index is 923. The maximum absolute atomic E-state index is 12.3. The summed E-state index contributed by atoms with van der Waals surface area (Å²) in [5.74, 6) is 1.38. The minimum absolute atomic E-state index is 0.191. The molecule has 1 saturated heterocycles. The van der Waals surface area contributed by atoms with Crippen LogP contribution < -0.4 is 16.1 Å². The van der Waals surface area contributed by atoms with Gasteiger partial charge in [0.15, 0.2) is 11.2 Å². The number of nitrogens with one attached hydrogen (secondary N) is 1. The van der Waals surface area contributed by atoms with Gasteiger partial charge in [-0.2, -0.15) is 4.98 Å². The largest absolute Gasteiger partial charge is 0.371 e. The molecule has 2 atom stereocenters. The zero-order chi connectivity index (χ0) is 18.4. The van der Waals surface area contributed by atoms with E-state index in [1.165, 1.54) is 17.4 Å². The number of ether oxygens (including phenoxy) is 1. The Morgan fingerprint density at radius 2 is 1.96 bits per heavy atom. The molecule has 1 N–H and O–H groups in total. The van der Waals surface area contributed by atoms with Gasteiger partial charge in [-0.3, -0.25) is 14.3 Å². The van der Waals surface area contributed by atoms with Crippen LogP contribution in [0.25, 0.3) is 11.2 Å². The molecule has 0 aromatic carbocycles. The van der Waals surface area contributed by atoms with Gasteiger partial charge in [0, 0.05) is 27.2 Å². The van der Waals surface area contributed by atoms with Crippen molar-refractivity contribution in [2.45, 2.75) is 51.2 Å². The topological polar surface area (TPSA) is 85.2 Å². The van der Waals surface area contributed by atoms with Crippen molar-refractivity contribution in [3.05, 3.63) is 20.8 Å². The van der Waals surface area contributed by atoms with Gasteiger partial charge in [0.2, 0.25) is 5.95 Å². The van der Waals surface area contributed by atoms with Gasteiger partial charge in [0.05, 0.1) is 12.2 Å². The first kappa shape index (κ1) is 17.3. The number of fused-ring (bicyclic) bond motifs is 1. The third-order valence-electron chi connectivity index (χ3n) is 5.61. The minimum atomic E-state index is -0.439. The second-order valence-electron chi connectivity index (χ2n) is 7.64. The van der Waals surface area contributed by atoms with Crippen LogP contribution in [0.2, 0.25) is 0 Å². The van der Waals surface area contributed by atoms with Gasteiger partial charge >= 0.3 is 5.69 Å². The van der Waals surface area contributed by atoms with E-state index in [9.17, 15) is 9.59 Å². The standard InChI is InChI=1S/C18H27N5O3/c1-4-5-6-12-9-23(10-13(26-12)11-7-8-11)17-19-15-14(21(17)2)16(24)20-18(25)22(15)3/h11-13H,4-10H2,1-3H3,(H,20,24,25)/t12-,13-/m1/s1. The number of aromatic amines is 1. The van der Waals surface area contributed by atoms with E-state index in [1.807, 2.05) is 7.05 Å². The normalized spacial score (nSPS) is 23.7. The summed E-state index contributed by atoms with van der Waals surface area (Å²) in [4.78, 5) is 33.4. The van der Waals surface area contributed by atoms with Crippen LogP contribution in [0.1, 0.15) is 39.0 Å². The third kappa shape index (κ3) is 2.96. The second kappa shape index (κ2) is 6.57. The highest BCUT2D eigenvalue weighted by Gasteiger charge is 2.39. The van der Waals surface area contributed by atoms with Crippen LogP contribution >= 0.6 is 0 Å². The number of nitrogens with zero attached hydrogens (tertiary/aromatic N) is 4. The first-order valence-electron chi connectivity index (χ1n) is 9.55. The molecule has 0 radical (unpaired) electrons. The molecule has 2 fully saturated rings. The predicted molar refractivity (Wildman–Crippen MR) is 99.7 cm³/mol. The summed E-state index contributed by atoms with van der Waals surface area (Å²) in [5.41, 5.74) is 0.0298. The van der Waals surface area contributed by atoms with Gasteiger partial charge in [-0.1, -0.05) is 19.8 Å². The fraction of sp³-hybridized carbons (Fsp3) is 0.722. The van der Waals surface area contributed by atoms with Crippen LogP contribution in [0, 0.1) is 5.92 Å². The van der Waals surface area contributed by atoms with E-state index in [2.05, 4.69) is 21.8 Å². The average molecular weight is 361 g/mol. The number of rotatable bonds is 5. The molecule has 4 rings (SSSR count). The smallest absolute Gasteiger partial charge is 0.329 e. The van der Waals surface area contributed by atoms with Crippen LogP contribution in [0.4, 0.5) is 5.95 Å². The van der Waals surface area contributed by atoms with E-state index in [-0.39, 0.29) is 17.8 Å². The highest BCUT2D eigenvalue weighted by Crippen LogP contribution is 2.38. The summed E-state index contributed by atoms with van der Waals surface area (Å²) < 4.78 is 9.54. The number of morpholine rings is 1. The molecular formula is C18H27N5O3. The molecule has 0 amide bonds. The molecule has 2 aromatic rings. The number of hydrogen-bond donors (Lipinski definition) is 1. The predicted octanol–water partition coefficient (Wildman–Crippen LogP) is 1.13. The summed E-state index contributed by atoms with van der Waals surface area (Å²) in [6.45, 7) is 3.75. The Kier molecular flexibility index (Phi) is 4.38. The number of H-pyrrole nitrogens is 1. The van der Waals surface area contributed by atoms with Gasteiger partial charge in [0.25, 0.3) is 5.56 Å². The molecule has 8 heteroatoms. The van der Waals surface area contributed by atoms with E-state index in [0.29, 0.717) is 17.1 Å². The Morgan fingerprint density at radius 3 is 2.65 bits per heavy atom. The Morgan fingerprint density at radius 1 is 1.19 bits per heavy atom. The van der Waals surface area contributed by atoms with E-state index >= 15 is 0 Å². The molecule has 2 aromatic heterocycles. The zero-order valence-electron chi connectivity index (χ0n) is 15.7. The number of imidazole rings is 1. The number of unbranched alkanes of at least 4 members (excludes halogenated alkanes) is 1. The molecule has 0 bridgehead atoms. The van der Waals surface area contributed by atoms with Crippen molar-refractivity contribution in [2.75, 3.05) is 18.0 Å². The molecule has 8 nitrogen and oxygen atoms in total. The van der Waals surface area contributed by atoms with E-state index < -0.39 is 5.69 Å². The van der Waals surface area contributed by atoms with E-state index in [0.717, 1.165) is 38.3 Å². The SMILES string of the molecule is CCCC[C@@H]1CN(c2nc3c(c(=O)[nH]c(=O)n3C)n2C)C[C@H](C2CC2)O1. The summed E-state index contributed by atoms with van der Waals surface area (Å²) in [6.07, 6.45) is 6.22. The van der Waals surface area contributed by atoms with Crippen molar-refractivity contribution >= 4 is 17.1 Å². The molecule has 1 saturated carbocycles. The summed E-state index contributed by atoms with van der Waals surface area (Å²) in [6, 6.07) is 0. The van der Waals surface area contributed by atoms with Crippen molar-refractivity contribution < 1.29 is 4.74 Å². The maximum atomic E-state index is 12.3. The molecule has 3 heterocycles. The van der Waals surface area contributed by atoms with Gasteiger partial charge < -0.3 is 14.2 Å². The monoisotopic (exact) mass is 361 g/mol. The molecule has 0 spiro atoms. The lowest BCUT2D eigenvalue weighted by molar-refractivity contribution is -0.0415. The lowest BCUT2D eigenvalue weighted by Gasteiger charge is -2.39. The molecule has 0 unspecified atom stereocenters. The average Bonchev–Trinajstić information content (AvgIpc) is 3.41. The number of hydrogen-bond acceptors (Lipinski definition) is 5. The summed E-state index contributed by atoms with van der Waals surface area (Å²) >= 11 is 0. The van der Waals surface area contributed by atoms with Crippen molar-refractivity contribution in [3.8, 4) is 0 Å². The highest BCUT2D eigenvalue weighted by molar-refractivity contribution is 5.74. The first-order valence-corrected chi connectivity index (χ1v) is 9.55. The molecule has 1 aliphatic carbocycles. The van der Waals surface area contributed by atoms with Gasteiger partial charge in [-0.15, -0.1) is 0 Å². The van der Waals surface area contributed by atoms with Crippen LogP contribution in [-0.2, 0) is 18.8 Å². The van der Waals surface area contributed by atoms with E-state index in [4.69, 9.17) is 4.74 Å². The second-order valence-corrected chi connectivity index (χ2v) is 7.64. The first-order chi connectivity index (χ1) is 12.5. The Balaban J connectivity index is 1.72. The third-order valence-corrected chi connectivity index (χ3v) is 5.61. The summed E-state index contributed by atoms with van der Waals surface area (Å²) in [5, 5.41) is 0. The van der Waals surface area contributed by atoms with E-state index in [1.54, 1.807) is 11.6 Å². The maximum Gasteiger partial charge on any atom is 0.329 e. The van der Waals surface area contributed by atoms with Gasteiger partial charge in [-0.05, 0) is 25.2 Å². The Hall–Kier alpha value is -2.09. The quantitative estimate of drug-likeness (QED) is 0.863. The number of aryl methyl sites for hydroxylation is 2. The zero-order valence-corrected chi connectivity index (χ0v) is 15.7. The molecule has 26 heavy (non-hydrogen) atoms. The lowest BCUT2D eigenvalue weighted by Crippen LogP contribution is -2.49. The van der Waals surface area contributed by atoms with Gasteiger partial charge in [-0.25, -0.2) is 4.79 Å². The van der Waals surface area contributed by atoms with Crippen molar-refractivity contribution in [1.82, 2.24) is 19.1 Å². The highest BCUT2D eigenvalue weighted by atomic mass is 16.5. The molecular weight excluding hydrogens is 334 g/mol. The van der Waals surface area contributed by atoms with Crippen LogP contribution in [0.15, 0.2) is 9.59 Å². The molecule has 142 valence electrons. The van der Waals surface area contributed by atoms with Crippen molar-refractivity contribution in [3.63, 3.8) is 0 Å². The van der Waals surface area contributed by atoms with Crippen molar-refractivity contribution in [2.24, 2.45) is 20.0 Å². The minimum Gasteiger partial charge on any atom is -0.371 e. The fourth-order valence-electron chi connectivity index (χ4n) is 3.93. The van der Waals surface area contributed by atoms with Crippen molar-refractivity contribution in [1.29, 1.82) is 0 Å². The fourth-order valence-corrected chi connectivity index (χ4v) is 3.93.